The number of benzene rings is 1. The van der Waals surface area contributed by atoms with Crippen LogP contribution in [0, 0.1) is 5.92 Å². The van der Waals surface area contributed by atoms with Gasteiger partial charge in [0.2, 0.25) is 5.91 Å². The van der Waals surface area contributed by atoms with Crippen molar-refractivity contribution in [1.29, 1.82) is 0 Å². The minimum Gasteiger partial charge on any atom is -0.328 e. The molecule has 1 aliphatic carbocycles. The Morgan fingerprint density at radius 2 is 1.94 bits per heavy atom. The highest BCUT2D eigenvalue weighted by atomic mass is 16.2. The standard InChI is InChI=1S/C15H17NO2/c17-13-8-4-7-12-9-14(18)16(15(12)13)10-11-5-2-1-3-6-11/h1-3,5-6,12,15H,4,7-10H2. The zero-order valence-electron chi connectivity index (χ0n) is 10.3. The van der Waals surface area contributed by atoms with Gasteiger partial charge in [-0.15, -0.1) is 0 Å². The molecule has 2 atom stereocenters. The fraction of sp³-hybridized carbons (Fsp3) is 0.467. The lowest BCUT2D eigenvalue weighted by Gasteiger charge is -2.30. The third-order valence-electron chi connectivity index (χ3n) is 4.06. The molecule has 3 rings (SSSR count). The Labute approximate surface area is 107 Å². The fourth-order valence-corrected chi connectivity index (χ4v) is 3.21. The Morgan fingerprint density at radius 3 is 2.72 bits per heavy atom. The monoisotopic (exact) mass is 243 g/mol. The fourth-order valence-electron chi connectivity index (χ4n) is 3.21. The van der Waals surface area contributed by atoms with Gasteiger partial charge in [-0.3, -0.25) is 9.59 Å². The number of fused-ring (bicyclic) bond motifs is 1. The first-order valence-electron chi connectivity index (χ1n) is 6.62. The molecule has 1 aromatic carbocycles. The van der Waals surface area contributed by atoms with Crippen molar-refractivity contribution in [3.05, 3.63) is 35.9 Å². The van der Waals surface area contributed by atoms with Gasteiger partial charge in [0.25, 0.3) is 0 Å². The Bertz CT molecular complexity index is 469. The molecule has 0 bridgehead atoms. The molecule has 2 fully saturated rings. The molecule has 0 radical (unpaired) electrons. The lowest BCUT2D eigenvalue weighted by Crippen LogP contribution is -2.42. The average molecular weight is 243 g/mol. The molecular weight excluding hydrogens is 226 g/mol. The van der Waals surface area contributed by atoms with Crippen molar-refractivity contribution in [1.82, 2.24) is 4.90 Å². The van der Waals surface area contributed by atoms with Crippen LogP contribution in [0.3, 0.4) is 0 Å². The normalized spacial score (nSPS) is 27.4. The largest absolute Gasteiger partial charge is 0.328 e. The summed E-state index contributed by atoms with van der Waals surface area (Å²) in [6.45, 7) is 0.576. The molecule has 1 saturated carbocycles. The predicted molar refractivity (Wildman–Crippen MR) is 67.7 cm³/mol. The van der Waals surface area contributed by atoms with E-state index in [1.54, 1.807) is 4.90 Å². The second-order valence-electron chi connectivity index (χ2n) is 5.27. The predicted octanol–water partition coefficient (Wildman–Crippen LogP) is 2.16. The number of carbonyl (C=O) groups excluding carboxylic acids is 2. The summed E-state index contributed by atoms with van der Waals surface area (Å²) in [6.07, 6.45) is 3.17. The highest BCUT2D eigenvalue weighted by Crippen LogP contribution is 2.35. The average Bonchev–Trinajstić information content (AvgIpc) is 2.69. The van der Waals surface area contributed by atoms with Crippen molar-refractivity contribution in [3.8, 4) is 0 Å². The first kappa shape index (κ1) is 11.5. The maximum atomic E-state index is 12.1. The topological polar surface area (TPSA) is 37.4 Å². The highest BCUT2D eigenvalue weighted by Gasteiger charge is 2.45. The molecule has 1 amide bonds. The number of nitrogens with zero attached hydrogens (tertiary/aromatic N) is 1. The molecule has 1 aromatic rings. The smallest absolute Gasteiger partial charge is 0.223 e. The van der Waals surface area contributed by atoms with Crippen LogP contribution in [0.1, 0.15) is 31.2 Å². The lowest BCUT2D eigenvalue weighted by molar-refractivity contribution is -0.135. The number of likely N-dealkylation sites (tertiary alicyclic amines) is 1. The Hall–Kier alpha value is -1.64. The van der Waals surface area contributed by atoms with Crippen LogP contribution in [0.15, 0.2) is 30.3 Å². The van der Waals surface area contributed by atoms with Crippen LogP contribution in [0.2, 0.25) is 0 Å². The van der Waals surface area contributed by atoms with Crippen molar-refractivity contribution >= 4 is 11.7 Å². The molecule has 3 heteroatoms. The van der Waals surface area contributed by atoms with Crippen molar-refractivity contribution in [2.24, 2.45) is 5.92 Å². The van der Waals surface area contributed by atoms with Crippen molar-refractivity contribution < 1.29 is 9.59 Å². The summed E-state index contributed by atoms with van der Waals surface area (Å²) in [6, 6.07) is 9.77. The van der Waals surface area contributed by atoms with E-state index in [9.17, 15) is 9.59 Å². The number of ketones is 1. The van der Waals surface area contributed by atoms with Gasteiger partial charge in [-0.2, -0.15) is 0 Å². The van der Waals surface area contributed by atoms with Gasteiger partial charge in [0.05, 0.1) is 6.04 Å². The van der Waals surface area contributed by atoms with Gasteiger partial charge in [0, 0.05) is 19.4 Å². The number of Topliss-reactive ketones (excluding diaryl/α,β-unsaturated/α-hetero) is 1. The van der Waals surface area contributed by atoms with E-state index in [0.29, 0.717) is 19.4 Å². The van der Waals surface area contributed by atoms with Crippen LogP contribution in [-0.2, 0) is 16.1 Å². The van der Waals surface area contributed by atoms with E-state index in [4.69, 9.17) is 0 Å². The summed E-state index contributed by atoms with van der Waals surface area (Å²) in [5.41, 5.74) is 1.10. The van der Waals surface area contributed by atoms with Gasteiger partial charge in [-0.1, -0.05) is 30.3 Å². The molecule has 1 heterocycles. The van der Waals surface area contributed by atoms with Crippen LogP contribution in [0.25, 0.3) is 0 Å². The van der Waals surface area contributed by atoms with Gasteiger partial charge in [-0.25, -0.2) is 0 Å². The van der Waals surface area contributed by atoms with E-state index in [2.05, 4.69) is 0 Å². The molecule has 1 aliphatic heterocycles. The summed E-state index contributed by atoms with van der Waals surface area (Å²) < 4.78 is 0. The third kappa shape index (κ3) is 1.94. The Balaban J connectivity index is 1.82. The number of hydrogen-bond acceptors (Lipinski definition) is 2. The van der Waals surface area contributed by atoms with Gasteiger partial charge in [-0.05, 0) is 24.3 Å². The van der Waals surface area contributed by atoms with E-state index >= 15 is 0 Å². The van der Waals surface area contributed by atoms with E-state index in [1.165, 1.54) is 0 Å². The van der Waals surface area contributed by atoms with Gasteiger partial charge < -0.3 is 4.90 Å². The van der Waals surface area contributed by atoms with Crippen molar-refractivity contribution in [3.63, 3.8) is 0 Å². The quantitative estimate of drug-likeness (QED) is 0.798. The van der Waals surface area contributed by atoms with E-state index in [-0.39, 0.29) is 23.7 Å². The molecule has 3 nitrogen and oxygen atoms in total. The van der Waals surface area contributed by atoms with E-state index in [0.717, 1.165) is 18.4 Å². The first-order chi connectivity index (χ1) is 8.75. The molecule has 94 valence electrons. The SMILES string of the molecule is O=C1CCCC2CC(=O)N(Cc3ccccc3)C12. The molecule has 0 N–H and O–H groups in total. The van der Waals surface area contributed by atoms with Gasteiger partial charge in [0.1, 0.15) is 0 Å². The number of rotatable bonds is 2. The van der Waals surface area contributed by atoms with Crippen molar-refractivity contribution in [2.45, 2.75) is 38.3 Å². The lowest BCUT2D eigenvalue weighted by atomic mass is 9.84. The molecule has 1 saturated heterocycles. The summed E-state index contributed by atoms with van der Waals surface area (Å²) in [4.78, 5) is 25.9. The maximum Gasteiger partial charge on any atom is 0.223 e. The zero-order valence-corrected chi connectivity index (χ0v) is 10.3. The van der Waals surface area contributed by atoms with Crippen LogP contribution in [0.4, 0.5) is 0 Å². The second-order valence-corrected chi connectivity index (χ2v) is 5.27. The van der Waals surface area contributed by atoms with Gasteiger partial charge >= 0.3 is 0 Å². The maximum absolute atomic E-state index is 12.1. The first-order valence-corrected chi connectivity index (χ1v) is 6.62. The van der Waals surface area contributed by atoms with E-state index < -0.39 is 0 Å². The van der Waals surface area contributed by atoms with Crippen LogP contribution in [-0.4, -0.2) is 22.6 Å². The summed E-state index contributed by atoms with van der Waals surface area (Å²) >= 11 is 0. The zero-order chi connectivity index (χ0) is 12.5. The molecule has 2 unspecified atom stereocenters. The van der Waals surface area contributed by atoms with Gasteiger partial charge in [0.15, 0.2) is 5.78 Å². The minimum atomic E-state index is -0.147. The summed E-state index contributed by atoms with van der Waals surface area (Å²) in [5.74, 6) is 0.666. The van der Waals surface area contributed by atoms with Crippen LogP contribution >= 0.6 is 0 Å². The summed E-state index contributed by atoms with van der Waals surface area (Å²) in [7, 11) is 0. The Morgan fingerprint density at radius 1 is 1.17 bits per heavy atom. The molecular formula is C15H17NO2. The minimum absolute atomic E-state index is 0.143. The Kier molecular flexibility index (Phi) is 2.90. The van der Waals surface area contributed by atoms with Crippen molar-refractivity contribution in [2.75, 3.05) is 0 Å². The van der Waals surface area contributed by atoms with Crippen LogP contribution < -0.4 is 0 Å². The molecule has 2 aliphatic rings. The van der Waals surface area contributed by atoms with Crippen LogP contribution in [0.5, 0.6) is 0 Å². The summed E-state index contributed by atoms with van der Waals surface area (Å²) in [5, 5.41) is 0. The number of amides is 1. The number of carbonyl (C=O) groups is 2. The molecule has 18 heavy (non-hydrogen) atoms. The second kappa shape index (κ2) is 4.56. The number of hydrogen-bond donors (Lipinski definition) is 0. The molecule has 0 aromatic heterocycles. The molecule has 0 spiro atoms. The highest BCUT2D eigenvalue weighted by molar-refractivity contribution is 5.93. The third-order valence-corrected chi connectivity index (χ3v) is 4.06. The van der Waals surface area contributed by atoms with E-state index in [1.807, 2.05) is 30.3 Å².